The lowest BCUT2D eigenvalue weighted by Gasteiger charge is -2.14. The van der Waals surface area contributed by atoms with Crippen molar-refractivity contribution in [3.8, 4) is 11.5 Å². The normalized spacial score (nSPS) is 10.6. The number of amides is 3. The van der Waals surface area contributed by atoms with Gasteiger partial charge in [0.25, 0.3) is 5.91 Å². The van der Waals surface area contributed by atoms with E-state index in [0.29, 0.717) is 23.6 Å². The number of carbonyl (C=O) groups is 3. The lowest BCUT2D eigenvalue weighted by molar-refractivity contribution is -0.139. The molecular weight excluding hydrogens is 436 g/mol. The standard InChI is InChI=1S/C25H32N4O5/c1-6-7-10-26-24(31)25(32)29-27-14-19-8-9-20(21(13-19)33-5)34-15-22(30)28-23-17(3)11-16(2)12-18(23)4/h8-9,11-14H,6-7,10,15H2,1-5H3,(H,26,31)(H,28,30)(H,29,32)/b27-14-. The number of hydrazone groups is 1. The number of rotatable bonds is 10. The number of carbonyl (C=O) groups excluding carboxylic acids is 3. The highest BCUT2D eigenvalue weighted by molar-refractivity contribution is 6.35. The smallest absolute Gasteiger partial charge is 0.329 e. The molecule has 3 N–H and O–H groups in total. The van der Waals surface area contributed by atoms with Gasteiger partial charge in [-0.3, -0.25) is 14.4 Å². The molecule has 0 aliphatic carbocycles. The van der Waals surface area contributed by atoms with Crippen LogP contribution in [0.15, 0.2) is 35.4 Å². The molecule has 2 rings (SSSR count). The van der Waals surface area contributed by atoms with Gasteiger partial charge in [0.05, 0.1) is 13.3 Å². The minimum atomic E-state index is -0.843. The van der Waals surface area contributed by atoms with E-state index in [-0.39, 0.29) is 12.5 Å². The van der Waals surface area contributed by atoms with E-state index in [1.165, 1.54) is 13.3 Å². The summed E-state index contributed by atoms with van der Waals surface area (Å²) in [4.78, 5) is 35.8. The minimum Gasteiger partial charge on any atom is -0.493 e. The van der Waals surface area contributed by atoms with Crippen LogP contribution in [0.5, 0.6) is 11.5 Å². The van der Waals surface area contributed by atoms with Crippen LogP contribution in [0.4, 0.5) is 5.69 Å². The topological polar surface area (TPSA) is 118 Å². The Labute approximate surface area is 199 Å². The van der Waals surface area contributed by atoms with Crippen LogP contribution in [-0.4, -0.2) is 44.2 Å². The van der Waals surface area contributed by atoms with Crippen LogP contribution in [0.1, 0.15) is 42.0 Å². The van der Waals surface area contributed by atoms with Gasteiger partial charge in [-0.15, -0.1) is 0 Å². The van der Waals surface area contributed by atoms with Gasteiger partial charge in [0.2, 0.25) is 0 Å². The van der Waals surface area contributed by atoms with Gasteiger partial charge in [-0.2, -0.15) is 5.10 Å². The molecule has 0 aliphatic rings. The Morgan fingerprint density at radius 1 is 1.00 bits per heavy atom. The van der Waals surface area contributed by atoms with Gasteiger partial charge in [0.1, 0.15) is 0 Å². The highest BCUT2D eigenvalue weighted by Crippen LogP contribution is 2.28. The maximum absolute atomic E-state index is 12.4. The summed E-state index contributed by atoms with van der Waals surface area (Å²) < 4.78 is 11.0. The molecule has 0 fully saturated rings. The number of ether oxygens (including phenoxy) is 2. The van der Waals surface area contributed by atoms with Crippen molar-refractivity contribution in [1.29, 1.82) is 0 Å². The van der Waals surface area contributed by atoms with Gasteiger partial charge < -0.3 is 20.1 Å². The quantitative estimate of drug-likeness (QED) is 0.214. The number of anilines is 1. The molecule has 0 radical (unpaired) electrons. The van der Waals surface area contributed by atoms with Gasteiger partial charge in [-0.1, -0.05) is 31.0 Å². The van der Waals surface area contributed by atoms with Crippen LogP contribution in [-0.2, 0) is 14.4 Å². The maximum Gasteiger partial charge on any atom is 0.329 e. The van der Waals surface area contributed by atoms with Crippen molar-refractivity contribution in [3.63, 3.8) is 0 Å². The second kappa shape index (κ2) is 13.0. The molecule has 9 heteroatoms. The zero-order valence-electron chi connectivity index (χ0n) is 20.3. The summed E-state index contributed by atoms with van der Waals surface area (Å²) in [7, 11) is 1.48. The highest BCUT2D eigenvalue weighted by Gasteiger charge is 2.13. The van der Waals surface area contributed by atoms with Gasteiger partial charge in [-0.25, -0.2) is 5.43 Å². The highest BCUT2D eigenvalue weighted by atomic mass is 16.5. The average molecular weight is 469 g/mol. The van der Waals surface area contributed by atoms with E-state index >= 15 is 0 Å². The molecule has 0 atom stereocenters. The number of nitrogens with zero attached hydrogens (tertiary/aromatic N) is 1. The van der Waals surface area contributed by atoms with Crippen molar-refractivity contribution in [2.75, 3.05) is 25.6 Å². The number of hydrogen-bond acceptors (Lipinski definition) is 6. The van der Waals surface area contributed by atoms with E-state index < -0.39 is 11.8 Å². The van der Waals surface area contributed by atoms with Crippen LogP contribution in [0, 0.1) is 20.8 Å². The molecule has 9 nitrogen and oxygen atoms in total. The average Bonchev–Trinajstić information content (AvgIpc) is 2.80. The fraction of sp³-hybridized carbons (Fsp3) is 0.360. The Kier molecular flexibility index (Phi) is 10.1. The van der Waals surface area contributed by atoms with Crippen molar-refractivity contribution in [1.82, 2.24) is 10.7 Å². The number of nitrogens with one attached hydrogen (secondary N) is 3. The Morgan fingerprint density at radius 3 is 2.35 bits per heavy atom. The molecule has 34 heavy (non-hydrogen) atoms. The molecule has 0 saturated carbocycles. The van der Waals surface area contributed by atoms with E-state index in [0.717, 1.165) is 35.2 Å². The number of benzene rings is 2. The molecule has 0 saturated heterocycles. The first-order valence-corrected chi connectivity index (χ1v) is 11.0. The summed E-state index contributed by atoms with van der Waals surface area (Å²) in [5.74, 6) is -1.09. The van der Waals surface area contributed by atoms with Crippen LogP contribution in [0.25, 0.3) is 0 Å². The lowest BCUT2D eigenvalue weighted by Crippen LogP contribution is -2.38. The first-order valence-electron chi connectivity index (χ1n) is 11.0. The molecule has 182 valence electrons. The number of methoxy groups -OCH3 is 1. The molecule has 0 aromatic heterocycles. The Hall–Kier alpha value is -3.88. The van der Waals surface area contributed by atoms with Crippen LogP contribution < -0.4 is 25.5 Å². The van der Waals surface area contributed by atoms with Crippen LogP contribution in [0.3, 0.4) is 0 Å². The predicted molar refractivity (Wildman–Crippen MR) is 131 cm³/mol. The van der Waals surface area contributed by atoms with Gasteiger partial charge in [0, 0.05) is 12.2 Å². The fourth-order valence-corrected chi connectivity index (χ4v) is 3.25. The van der Waals surface area contributed by atoms with Crippen molar-refractivity contribution < 1.29 is 23.9 Å². The maximum atomic E-state index is 12.4. The SMILES string of the molecule is CCCCNC(=O)C(=O)N/N=C\c1ccc(OCC(=O)Nc2c(C)cc(C)cc2C)c(OC)c1. The minimum absolute atomic E-state index is 0.195. The first-order chi connectivity index (χ1) is 16.2. The summed E-state index contributed by atoms with van der Waals surface area (Å²) >= 11 is 0. The Morgan fingerprint density at radius 2 is 1.71 bits per heavy atom. The second-order valence-electron chi connectivity index (χ2n) is 7.83. The fourth-order valence-electron chi connectivity index (χ4n) is 3.25. The summed E-state index contributed by atoms with van der Waals surface area (Å²) in [5, 5.41) is 9.19. The summed E-state index contributed by atoms with van der Waals surface area (Å²) in [6.07, 6.45) is 3.08. The lowest BCUT2D eigenvalue weighted by atomic mass is 10.1. The molecule has 3 amide bonds. The van der Waals surface area contributed by atoms with Crippen molar-refractivity contribution in [2.45, 2.75) is 40.5 Å². The van der Waals surface area contributed by atoms with Gasteiger partial charge in [0.15, 0.2) is 18.1 Å². The third-order valence-electron chi connectivity index (χ3n) is 4.89. The van der Waals surface area contributed by atoms with E-state index in [4.69, 9.17) is 9.47 Å². The molecular formula is C25H32N4O5. The third kappa shape index (κ3) is 7.91. The summed E-state index contributed by atoms with van der Waals surface area (Å²) in [6, 6.07) is 8.97. The molecule has 0 aliphatic heterocycles. The number of aryl methyl sites for hydroxylation is 3. The van der Waals surface area contributed by atoms with E-state index in [1.54, 1.807) is 18.2 Å². The van der Waals surface area contributed by atoms with Crippen LogP contribution in [0.2, 0.25) is 0 Å². The predicted octanol–water partition coefficient (Wildman–Crippen LogP) is 3.00. The van der Waals surface area contributed by atoms with Crippen molar-refractivity contribution >= 4 is 29.6 Å². The zero-order chi connectivity index (χ0) is 25.1. The van der Waals surface area contributed by atoms with E-state index in [2.05, 4.69) is 21.2 Å². The first kappa shape index (κ1) is 26.4. The third-order valence-corrected chi connectivity index (χ3v) is 4.89. The summed E-state index contributed by atoms with van der Waals surface area (Å²) in [6.45, 7) is 8.13. The van der Waals surface area contributed by atoms with Gasteiger partial charge >= 0.3 is 11.8 Å². The largest absolute Gasteiger partial charge is 0.493 e. The zero-order valence-corrected chi connectivity index (χ0v) is 20.3. The molecule has 0 spiro atoms. The Bertz CT molecular complexity index is 1040. The Balaban J connectivity index is 1.93. The molecule has 2 aromatic carbocycles. The van der Waals surface area contributed by atoms with Crippen LogP contribution >= 0.6 is 0 Å². The number of unbranched alkanes of at least 4 members (excludes halogenated alkanes) is 1. The number of hydrogen-bond donors (Lipinski definition) is 3. The monoisotopic (exact) mass is 468 g/mol. The van der Waals surface area contributed by atoms with Gasteiger partial charge in [-0.05, 0) is 62.1 Å². The van der Waals surface area contributed by atoms with Crippen molar-refractivity contribution in [3.05, 3.63) is 52.6 Å². The second-order valence-corrected chi connectivity index (χ2v) is 7.83. The molecule has 0 bridgehead atoms. The van der Waals surface area contributed by atoms with Crippen molar-refractivity contribution in [2.24, 2.45) is 5.10 Å². The summed E-state index contributed by atoms with van der Waals surface area (Å²) in [5.41, 5.74) is 6.66. The molecule has 0 unspecified atom stereocenters. The van der Waals surface area contributed by atoms with E-state index in [9.17, 15) is 14.4 Å². The molecule has 0 heterocycles. The van der Waals surface area contributed by atoms with E-state index in [1.807, 2.05) is 39.8 Å². The molecule has 2 aromatic rings.